The summed E-state index contributed by atoms with van der Waals surface area (Å²) in [5, 5.41) is 8.65. The Morgan fingerprint density at radius 2 is 2.33 bits per heavy atom. The largest absolute Gasteiger partial charge is 0.494 e. The Bertz CT molecular complexity index is 312. The molecule has 0 aromatic carbocycles. The zero-order valence-corrected chi connectivity index (χ0v) is 6.44. The van der Waals surface area contributed by atoms with E-state index in [-0.39, 0.29) is 17.0 Å². The van der Waals surface area contributed by atoms with Crippen LogP contribution in [0.25, 0.3) is 0 Å². The molecule has 0 saturated carbocycles. The molecule has 0 fully saturated rings. The van der Waals surface area contributed by atoms with Gasteiger partial charge in [0.05, 0.1) is 19.0 Å². The number of carboxylic acids is 1. The molecule has 0 saturated heterocycles. The summed E-state index contributed by atoms with van der Waals surface area (Å²) in [4.78, 5) is 14.2. The summed E-state index contributed by atoms with van der Waals surface area (Å²) in [6.07, 6.45) is 2.53. The minimum absolute atomic E-state index is 0.0301. The lowest BCUT2D eigenvalue weighted by atomic mass is 10.2. The van der Waals surface area contributed by atoms with Crippen LogP contribution in [0, 0.1) is 0 Å². The summed E-state index contributed by atoms with van der Waals surface area (Å²) in [5.74, 6) is -0.954. The van der Waals surface area contributed by atoms with Gasteiger partial charge in [-0.15, -0.1) is 0 Å². The molecule has 1 aromatic rings. The Labute approximate surface area is 68.8 Å². The van der Waals surface area contributed by atoms with Crippen LogP contribution in [0.3, 0.4) is 0 Å². The van der Waals surface area contributed by atoms with Gasteiger partial charge in [-0.2, -0.15) is 0 Å². The second kappa shape index (κ2) is 3.08. The number of rotatable bonds is 2. The molecular formula is C7H8N2O3. The van der Waals surface area contributed by atoms with Gasteiger partial charge in [-0.3, -0.25) is 4.98 Å². The van der Waals surface area contributed by atoms with E-state index < -0.39 is 5.97 Å². The van der Waals surface area contributed by atoms with Crippen molar-refractivity contribution < 1.29 is 14.6 Å². The third-order valence-electron chi connectivity index (χ3n) is 1.36. The Kier molecular flexibility index (Phi) is 2.14. The number of methoxy groups -OCH3 is 1. The van der Waals surface area contributed by atoms with Gasteiger partial charge in [0, 0.05) is 6.20 Å². The Balaban J connectivity index is 3.27. The maximum absolute atomic E-state index is 10.6. The summed E-state index contributed by atoms with van der Waals surface area (Å²) in [7, 11) is 1.36. The van der Waals surface area contributed by atoms with Crippen molar-refractivity contribution >= 4 is 11.7 Å². The molecule has 0 spiro atoms. The monoisotopic (exact) mass is 168 g/mol. The highest BCUT2D eigenvalue weighted by Gasteiger charge is 2.13. The first-order chi connectivity index (χ1) is 5.66. The number of hydrogen-bond donors (Lipinski definition) is 2. The molecule has 5 nitrogen and oxygen atoms in total. The highest BCUT2D eigenvalue weighted by Crippen LogP contribution is 2.23. The number of aromatic carboxylic acids is 1. The number of nitrogen functional groups attached to an aromatic ring is 1. The third-order valence-corrected chi connectivity index (χ3v) is 1.36. The number of aromatic nitrogens is 1. The molecule has 1 aromatic heterocycles. The van der Waals surface area contributed by atoms with E-state index >= 15 is 0 Å². The fourth-order valence-electron chi connectivity index (χ4n) is 0.845. The fraction of sp³-hybridized carbons (Fsp3) is 0.143. The van der Waals surface area contributed by atoms with Crippen LogP contribution in [0.15, 0.2) is 12.4 Å². The fourth-order valence-corrected chi connectivity index (χ4v) is 0.845. The quantitative estimate of drug-likeness (QED) is 0.666. The van der Waals surface area contributed by atoms with Gasteiger partial charge >= 0.3 is 5.97 Å². The molecule has 5 heteroatoms. The van der Waals surface area contributed by atoms with E-state index in [1.54, 1.807) is 0 Å². The molecular weight excluding hydrogens is 160 g/mol. The average molecular weight is 168 g/mol. The number of nitrogens with zero attached hydrogens (tertiary/aromatic N) is 1. The van der Waals surface area contributed by atoms with Gasteiger partial charge in [0.25, 0.3) is 0 Å². The minimum Gasteiger partial charge on any atom is -0.494 e. The van der Waals surface area contributed by atoms with Crippen molar-refractivity contribution in [3.63, 3.8) is 0 Å². The highest BCUT2D eigenvalue weighted by atomic mass is 16.5. The lowest BCUT2D eigenvalue weighted by Gasteiger charge is -2.05. The summed E-state index contributed by atoms with van der Waals surface area (Å²) in [6.45, 7) is 0. The molecule has 0 aliphatic carbocycles. The zero-order chi connectivity index (χ0) is 9.14. The summed E-state index contributed by atoms with van der Waals surface area (Å²) in [6, 6.07) is 0. The summed E-state index contributed by atoms with van der Waals surface area (Å²) >= 11 is 0. The summed E-state index contributed by atoms with van der Waals surface area (Å²) in [5.41, 5.74) is 5.61. The average Bonchev–Trinajstić information content (AvgIpc) is 2.03. The normalized spacial score (nSPS) is 9.42. The summed E-state index contributed by atoms with van der Waals surface area (Å²) < 4.78 is 4.79. The predicted molar refractivity (Wildman–Crippen MR) is 42.2 cm³/mol. The number of carboxylic acid groups (broad SMARTS) is 1. The molecule has 0 radical (unpaired) electrons. The van der Waals surface area contributed by atoms with Crippen LogP contribution in [0.4, 0.5) is 5.69 Å². The van der Waals surface area contributed by atoms with Crippen molar-refractivity contribution in [2.24, 2.45) is 0 Å². The SMILES string of the molecule is COc1c(N)cncc1C(=O)O. The van der Waals surface area contributed by atoms with Crippen LogP contribution < -0.4 is 10.5 Å². The molecule has 0 aliphatic heterocycles. The molecule has 1 heterocycles. The second-order valence-corrected chi connectivity index (χ2v) is 2.11. The van der Waals surface area contributed by atoms with Crippen LogP contribution in [0.2, 0.25) is 0 Å². The first-order valence-electron chi connectivity index (χ1n) is 3.17. The van der Waals surface area contributed by atoms with Gasteiger partial charge in [0.1, 0.15) is 5.56 Å². The van der Waals surface area contributed by atoms with Gasteiger partial charge in [-0.25, -0.2) is 4.79 Å². The van der Waals surface area contributed by atoms with Gasteiger partial charge < -0.3 is 15.6 Å². The van der Waals surface area contributed by atoms with E-state index in [9.17, 15) is 4.79 Å². The highest BCUT2D eigenvalue weighted by molar-refractivity contribution is 5.92. The van der Waals surface area contributed by atoms with Gasteiger partial charge in [-0.1, -0.05) is 0 Å². The van der Waals surface area contributed by atoms with Crippen molar-refractivity contribution in [2.75, 3.05) is 12.8 Å². The number of anilines is 1. The van der Waals surface area contributed by atoms with Gasteiger partial charge in [0.15, 0.2) is 5.75 Å². The molecule has 1 rings (SSSR count). The lowest BCUT2D eigenvalue weighted by Crippen LogP contribution is -2.04. The molecule has 0 unspecified atom stereocenters. The molecule has 0 atom stereocenters. The number of ether oxygens (including phenoxy) is 1. The van der Waals surface area contributed by atoms with Crippen LogP contribution >= 0.6 is 0 Å². The number of nitrogens with two attached hydrogens (primary N) is 1. The van der Waals surface area contributed by atoms with Crippen LogP contribution in [-0.2, 0) is 0 Å². The zero-order valence-electron chi connectivity index (χ0n) is 6.44. The molecule has 0 amide bonds. The molecule has 0 bridgehead atoms. The number of hydrogen-bond acceptors (Lipinski definition) is 4. The Morgan fingerprint density at radius 1 is 1.67 bits per heavy atom. The maximum atomic E-state index is 10.6. The first kappa shape index (κ1) is 8.32. The van der Waals surface area contributed by atoms with Crippen LogP contribution in [0.1, 0.15) is 10.4 Å². The predicted octanol–water partition coefficient (Wildman–Crippen LogP) is 0.371. The van der Waals surface area contributed by atoms with Gasteiger partial charge in [0.2, 0.25) is 0 Å². The van der Waals surface area contributed by atoms with E-state index in [0.717, 1.165) is 0 Å². The third kappa shape index (κ3) is 1.29. The molecule has 3 N–H and O–H groups in total. The van der Waals surface area contributed by atoms with Crippen molar-refractivity contribution in [3.05, 3.63) is 18.0 Å². The maximum Gasteiger partial charge on any atom is 0.341 e. The van der Waals surface area contributed by atoms with E-state index in [1.807, 2.05) is 0 Å². The second-order valence-electron chi connectivity index (χ2n) is 2.11. The van der Waals surface area contributed by atoms with E-state index in [4.69, 9.17) is 15.6 Å². The van der Waals surface area contributed by atoms with E-state index in [2.05, 4.69) is 4.98 Å². The molecule has 12 heavy (non-hydrogen) atoms. The van der Waals surface area contributed by atoms with E-state index in [1.165, 1.54) is 19.5 Å². The first-order valence-corrected chi connectivity index (χ1v) is 3.17. The Morgan fingerprint density at radius 3 is 2.75 bits per heavy atom. The standard InChI is InChI=1S/C7H8N2O3/c1-12-6-4(7(10)11)2-9-3-5(6)8/h2-3H,8H2,1H3,(H,10,11). The Hall–Kier alpha value is -1.78. The van der Waals surface area contributed by atoms with Crippen LogP contribution in [-0.4, -0.2) is 23.2 Å². The molecule has 0 aliphatic rings. The van der Waals surface area contributed by atoms with Gasteiger partial charge in [-0.05, 0) is 0 Å². The van der Waals surface area contributed by atoms with E-state index in [0.29, 0.717) is 0 Å². The van der Waals surface area contributed by atoms with Crippen molar-refractivity contribution in [1.29, 1.82) is 0 Å². The topological polar surface area (TPSA) is 85.4 Å². The van der Waals surface area contributed by atoms with Crippen LogP contribution in [0.5, 0.6) is 5.75 Å². The van der Waals surface area contributed by atoms with Crippen molar-refractivity contribution in [3.8, 4) is 5.75 Å². The minimum atomic E-state index is -1.10. The van der Waals surface area contributed by atoms with Crippen molar-refractivity contribution in [2.45, 2.75) is 0 Å². The lowest BCUT2D eigenvalue weighted by molar-refractivity contribution is 0.0693. The number of carbonyl (C=O) groups is 1. The smallest absolute Gasteiger partial charge is 0.341 e. The number of pyridine rings is 1. The molecule has 64 valence electrons. The van der Waals surface area contributed by atoms with Crippen molar-refractivity contribution in [1.82, 2.24) is 4.98 Å².